The molecule has 0 amide bonds. The van der Waals surface area contributed by atoms with E-state index in [1.54, 1.807) is 0 Å². The minimum atomic E-state index is -0.587. The van der Waals surface area contributed by atoms with Crippen LogP contribution in [-0.4, -0.2) is 55.4 Å². The first-order chi connectivity index (χ1) is 12.2. The highest BCUT2D eigenvalue weighted by atomic mass is 19.1. The van der Waals surface area contributed by atoms with Gasteiger partial charge in [-0.25, -0.2) is 8.78 Å². The SMILES string of the molecule is OCCCN1CCC(c2cc(F)c(OC3CCNCC3)c(F)c2)CC1. The second-order valence-electron chi connectivity index (χ2n) is 7.07. The van der Waals surface area contributed by atoms with Crippen molar-refractivity contribution in [3.05, 3.63) is 29.3 Å². The third kappa shape index (κ3) is 4.90. The van der Waals surface area contributed by atoms with Crippen LogP contribution in [0.2, 0.25) is 0 Å². The molecule has 140 valence electrons. The third-order valence-corrected chi connectivity index (χ3v) is 5.28. The molecule has 0 bridgehead atoms. The van der Waals surface area contributed by atoms with E-state index in [1.165, 1.54) is 12.1 Å². The van der Waals surface area contributed by atoms with Gasteiger partial charge in [-0.05, 0) is 81.9 Å². The van der Waals surface area contributed by atoms with Gasteiger partial charge < -0.3 is 20.1 Å². The lowest BCUT2D eigenvalue weighted by atomic mass is 9.89. The zero-order valence-electron chi connectivity index (χ0n) is 14.6. The first kappa shape index (κ1) is 18.5. The van der Waals surface area contributed by atoms with E-state index in [1.807, 2.05) is 0 Å². The molecule has 4 nitrogen and oxygen atoms in total. The molecule has 0 saturated carbocycles. The summed E-state index contributed by atoms with van der Waals surface area (Å²) in [6.45, 7) is 4.54. The second-order valence-corrected chi connectivity index (χ2v) is 7.07. The number of hydrogen-bond donors (Lipinski definition) is 2. The Morgan fingerprint density at radius 3 is 2.32 bits per heavy atom. The molecule has 2 saturated heterocycles. The number of piperidine rings is 2. The van der Waals surface area contributed by atoms with Crippen LogP contribution in [0.15, 0.2) is 12.1 Å². The molecule has 2 aliphatic rings. The van der Waals surface area contributed by atoms with E-state index >= 15 is 0 Å². The fraction of sp³-hybridized carbons (Fsp3) is 0.684. The molecule has 0 radical (unpaired) electrons. The molecule has 2 N–H and O–H groups in total. The normalized spacial score (nSPS) is 20.8. The molecular weight excluding hydrogens is 326 g/mol. The van der Waals surface area contributed by atoms with Crippen molar-refractivity contribution in [2.45, 2.75) is 44.1 Å². The molecule has 1 aromatic rings. The van der Waals surface area contributed by atoms with E-state index in [-0.39, 0.29) is 24.4 Å². The van der Waals surface area contributed by atoms with Crippen molar-refractivity contribution >= 4 is 0 Å². The van der Waals surface area contributed by atoms with Crippen LogP contribution < -0.4 is 10.1 Å². The number of hydrogen-bond acceptors (Lipinski definition) is 4. The summed E-state index contributed by atoms with van der Waals surface area (Å²) in [5.74, 6) is -1.22. The number of nitrogens with zero attached hydrogens (tertiary/aromatic N) is 1. The summed E-state index contributed by atoms with van der Waals surface area (Å²) in [6.07, 6.45) is 3.97. The van der Waals surface area contributed by atoms with Gasteiger partial charge in [0, 0.05) is 13.2 Å². The van der Waals surface area contributed by atoms with Crippen LogP contribution in [0.4, 0.5) is 8.78 Å². The van der Waals surface area contributed by atoms with E-state index in [2.05, 4.69) is 10.2 Å². The van der Waals surface area contributed by atoms with E-state index < -0.39 is 11.6 Å². The molecule has 0 atom stereocenters. The molecule has 0 aliphatic carbocycles. The highest BCUT2D eigenvalue weighted by Crippen LogP contribution is 2.33. The van der Waals surface area contributed by atoms with Crippen LogP contribution in [0.25, 0.3) is 0 Å². The van der Waals surface area contributed by atoms with Gasteiger partial charge in [-0.15, -0.1) is 0 Å². The smallest absolute Gasteiger partial charge is 0.191 e. The van der Waals surface area contributed by atoms with Crippen molar-refractivity contribution in [2.75, 3.05) is 39.3 Å². The zero-order valence-corrected chi connectivity index (χ0v) is 14.6. The molecule has 1 aromatic carbocycles. The Morgan fingerprint density at radius 1 is 1.08 bits per heavy atom. The molecule has 25 heavy (non-hydrogen) atoms. The highest BCUT2D eigenvalue weighted by Gasteiger charge is 2.24. The van der Waals surface area contributed by atoms with Gasteiger partial charge in [0.05, 0.1) is 0 Å². The predicted octanol–water partition coefficient (Wildman–Crippen LogP) is 2.66. The molecule has 0 aromatic heterocycles. The van der Waals surface area contributed by atoms with Gasteiger partial charge >= 0.3 is 0 Å². The third-order valence-electron chi connectivity index (χ3n) is 5.28. The maximum atomic E-state index is 14.4. The van der Waals surface area contributed by atoms with Crippen LogP contribution in [-0.2, 0) is 0 Å². The maximum absolute atomic E-state index is 14.4. The number of nitrogens with one attached hydrogen (secondary N) is 1. The largest absolute Gasteiger partial charge is 0.484 e. The zero-order chi connectivity index (χ0) is 17.6. The molecule has 0 spiro atoms. The van der Waals surface area contributed by atoms with E-state index in [0.29, 0.717) is 0 Å². The molecule has 2 aliphatic heterocycles. The van der Waals surface area contributed by atoms with E-state index in [0.717, 1.165) is 70.4 Å². The number of ether oxygens (including phenoxy) is 1. The standard InChI is InChI=1S/C19H28F2N2O2/c20-17-12-15(14-4-9-23(10-5-14)8-1-11-24)13-18(21)19(17)25-16-2-6-22-7-3-16/h12-14,16,22,24H,1-11H2. The maximum Gasteiger partial charge on any atom is 0.191 e. The Bertz CT molecular complexity index is 533. The van der Waals surface area contributed by atoms with Gasteiger partial charge in [0.15, 0.2) is 17.4 Å². The van der Waals surface area contributed by atoms with Crippen LogP contribution in [0, 0.1) is 11.6 Å². The number of aliphatic hydroxyl groups is 1. The fourth-order valence-corrected chi connectivity index (χ4v) is 3.79. The molecule has 3 rings (SSSR count). The average molecular weight is 354 g/mol. The fourth-order valence-electron chi connectivity index (χ4n) is 3.79. The second kappa shape index (κ2) is 8.92. The van der Waals surface area contributed by atoms with E-state index in [4.69, 9.17) is 9.84 Å². The minimum absolute atomic E-state index is 0.120. The van der Waals surface area contributed by atoms with Crippen molar-refractivity contribution in [2.24, 2.45) is 0 Å². The van der Waals surface area contributed by atoms with Crippen LogP contribution in [0.3, 0.4) is 0 Å². The van der Waals surface area contributed by atoms with E-state index in [9.17, 15) is 8.78 Å². The Labute approximate surface area is 148 Å². The number of likely N-dealkylation sites (tertiary alicyclic amines) is 1. The Hall–Kier alpha value is -1.24. The van der Waals surface area contributed by atoms with Gasteiger partial charge in [0.25, 0.3) is 0 Å². The summed E-state index contributed by atoms with van der Waals surface area (Å²) in [7, 11) is 0. The summed E-state index contributed by atoms with van der Waals surface area (Å²) in [6, 6.07) is 2.90. The lowest BCUT2D eigenvalue weighted by molar-refractivity contribution is 0.148. The van der Waals surface area contributed by atoms with Crippen LogP contribution >= 0.6 is 0 Å². The van der Waals surface area contributed by atoms with Crippen LogP contribution in [0.1, 0.15) is 43.6 Å². The number of rotatable bonds is 6. The van der Waals surface area contributed by atoms with Crippen LogP contribution in [0.5, 0.6) is 5.75 Å². The van der Waals surface area contributed by atoms with Crippen molar-refractivity contribution in [3.63, 3.8) is 0 Å². The van der Waals surface area contributed by atoms with Crippen molar-refractivity contribution in [1.82, 2.24) is 10.2 Å². The molecule has 0 unspecified atom stereocenters. The quantitative estimate of drug-likeness (QED) is 0.824. The van der Waals surface area contributed by atoms with Gasteiger partial charge in [0.2, 0.25) is 0 Å². The summed E-state index contributed by atoms with van der Waals surface area (Å²) in [4.78, 5) is 2.30. The first-order valence-electron chi connectivity index (χ1n) is 9.37. The lowest BCUT2D eigenvalue weighted by Crippen LogP contribution is -2.34. The Balaban J connectivity index is 1.62. The monoisotopic (exact) mass is 354 g/mol. The summed E-state index contributed by atoms with van der Waals surface area (Å²) in [5.41, 5.74) is 0.731. The summed E-state index contributed by atoms with van der Waals surface area (Å²) >= 11 is 0. The number of benzene rings is 1. The molecular formula is C19H28F2N2O2. The van der Waals surface area contributed by atoms with Gasteiger partial charge in [0.1, 0.15) is 6.10 Å². The average Bonchev–Trinajstić information content (AvgIpc) is 2.64. The Kier molecular flexibility index (Phi) is 6.62. The summed E-state index contributed by atoms with van der Waals surface area (Å²) in [5, 5.41) is 12.1. The van der Waals surface area contributed by atoms with Crippen molar-refractivity contribution < 1.29 is 18.6 Å². The van der Waals surface area contributed by atoms with Crippen molar-refractivity contribution in [3.8, 4) is 5.75 Å². The van der Waals surface area contributed by atoms with Gasteiger partial charge in [-0.3, -0.25) is 0 Å². The summed E-state index contributed by atoms with van der Waals surface area (Å²) < 4.78 is 34.5. The highest BCUT2D eigenvalue weighted by molar-refractivity contribution is 5.33. The minimum Gasteiger partial charge on any atom is -0.484 e. The predicted molar refractivity (Wildman–Crippen MR) is 93.0 cm³/mol. The first-order valence-corrected chi connectivity index (χ1v) is 9.37. The van der Waals surface area contributed by atoms with Crippen molar-refractivity contribution in [1.29, 1.82) is 0 Å². The number of halogens is 2. The lowest BCUT2D eigenvalue weighted by Gasteiger charge is -2.32. The Morgan fingerprint density at radius 2 is 1.72 bits per heavy atom. The topological polar surface area (TPSA) is 44.7 Å². The van der Waals surface area contributed by atoms with Gasteiger partial charge in [-0.1, -0.05) is 0 Å². The van der Waals surface area contributed by atoms with Gasteiger partial charge in [-0.2, -0.15) is 0 Å². The molecule has 2 fully saturated rings. The molecule has 2 heterocycles. The molecule has 6 heteroatoms. The number of aliphatic hydroxyl groups excluding tert-OH is 1.